The van der Waals surface area contributed by atoms with Gasteiger partial charge in [0.15, 0.2) is 0 Å². The molecule has 1 aromatic heterocycles. The van der Waals surface area contributed by atoms with Crippen LogP contribution in [0.2, 0.25) is 0 Å². The number of pyridine rings is 1. The van der Waals surface area contributed by atoms with Gasteiger partial charge < -0.3 is 20.4 Å². The van der Waals surface area contributed by atoms with Crippen LogP contribution in [-0.4, -0.2) is 66.2 Å². The van der Waals surface area contributed by atoms with Gasteiger partial charge in [-0.05, 0) is 56.3 Å². The molecular weight excluding hydrogens is 547 g/mol. The minimum atomic E-state index is -4.42. The van der Waals surface area contributed by atoms with Crippen LogP contribution in [0.1, 0.15) is 34.3 Å². The van der Waals surface area contributed by atoms with Gasteiger partial charge in [0.2, 0.25) is 0 Å². The van der Waals surface area contributed by atoms with Crippen molar-refractivity contribution >= 4 is 17.3 Å². The Labute approximate surface area is 243 Å². The third-order valence-electron chi connectivity index (χ3n) is 7.73. The number of likely N-dealkylation sites (N-methyl/N-ethyl adjacent to an activating group) is 1. The number of benzene rings is 1. The summed E-state index contributed by atoms with van der Waals surface area (Å²) in [6.07, 6.45) is 4.72. The van der Waals surface area contributed by atoms with E-state index in [-0.39, 0.29) is 17.3 Å². The molecule has 222 valence electrons. The number of rotatable bonds is 9. The molecule has 12 heteroatoms. The van der Waals surface area contributed by atoms with Crippen LogP contribution in [0.25, 0.3) is 5.70 Å². The zero-order valence-electron chi connectivity index (χ0n) is 23.7. The number of ether oxygens (including phenoxy) is 1. The van der Waals surface area contributed by atoms with E-state index in [2.05, 4.69) is 44.7 Å². The van der Waals surface area contributed by atoms with Crippen LogP contribution in [0.3, 0.4) is 0 Å². The van der Waals surface area contributed by atoms with Crippen molar-refractivity contribution in [2.24, 2.45) is 0 Å². The summed E-state index contributed by atoms with van der Waals surface area (Å²) in [4.78, 5) is 22.0. The summed E-state index contributed by atoms with van der Waals surface area (Å²) in [5.41, 5.74) is 10.3. The lowest BCUT2D eigenvalue weighted by Crippen LogP contribution is -2.43. The summed E-state index contributed by atoms with van der Waals surface area (Å²) in [6, 6.07) is 7.59. The van der Waals surface area contributed by atoms with E-state index in [1.54, 1.807) is 54.9 Å². The second kappa shape index (κ2) is 11.9. The van der Waals surface area contributed by atoms with Gasteiger partial charge in [0, 0.05) is 60.1 Å². The van der Waals surface area contributed by atoms with Crippen LogP contribution in [0.4, 0.5) is 18.9 Å². The van der Waals surface area contributed by atoms with E-state index in [0.717, 1.165) is 42.4 Å². The minimum Gasteiger partial charge on any atom is -0.495 e. The number of hydrogen-bond donors (Lipinski definition) is 3. The van der Waals surface area contributed by atoms with Crippen molar-refractivity contribution in [3.63, 3.8) is 0 Å². The third kappa shape index (κ3) is 6.44. The topological polar surface area (TPSA) is 85.0 Å². The maximum Gasteiger partial charge on any atom is 0.392 e. The lowest BCUT2D eigenvalue weighted by Gasteiger charge is -2.34. The first-order chi connectivity index (χ1) is 20.0. The largest absolute Gasteiger partial charge is 0.495 e. The molecule has 1 amide bonds. The number of allylic oxidation sites excluding steroid dienone is 3. The summed E-state index contributed by atoms with van der Waals surface area (Å²) < 4.78 is 44.8. The van der Waals surface area contributed by atoms with Gasteiger partial charge in [-0.1, -0.05) is 18.7 Å². The fourth-order valence-electron chi connectivity index (χ4n) is 5.45. The van der Waals surface area contributed by atoms with E-state index in [4.69, 9.17) is 4.74 Å². The maximum atomic E-state index is 13.4. The lowest BCUT2D eigenvalue weighted by atomic mass is 10.1. The van der Waals surface area contributed by atoms with Crippen molar-refractivity contribution in [3.8, 4) is 5.75 Å². The number of hydrazine groups is 2. The highest BCUT2D eigenvalue weighted by Gasteiger charge is 2.41. The Morgan fingerprint density at radius 2 is 2.05 bits per heavy atom. The Morgan fingerprint density at radius 1 is 1.24 bits per heavy atom. The van der Waals surface area contributed by atoms with Crippen molar-refractivity contribution < 1.29 is 22.7 Å². The smallest absolute Gasteiger partial charge is 0.392 e. The van der Waals surface area contributed by atoms with Gasteiger partial charge in [0.05, 0.1) is 31.1 Å². The number of aryl methyl sites for hydroxylation is 1. The van der Waals surface area contributed by atoms with Crippen molar-refractivity contribution in [1.82, 2.24) is 31.1 Å². The molecular formula is C30H34F3N7O2. The average Bonchev–Trinajstić information content (AvgIpc) is 3.70. The highest BCUT2D eigenvalue weighted by atomic mass is 19.4. The summed E-state index contributed by atoms with van der Waals surface area (Å²) in [5, 5.41) is 4.42. The number of aromatic nitrogens is 1. The summed E-state index contributed by atoms with van der Waals surface area (Å²) in [5.74, 6) is 0.0801. The number of hydrogen-bond acceptors (Lipinski definition) is 8. The van der Waals surface area contributed by atoms with Crippen LogP contribution in [0.5, 0.6) is 5.75 Å². The number of methoxy groups -OCH3 is 1. The molecule has 3 N–H and O–H groups in total. The standard InChI is InChI=1S/C30H34F3N7O2/c1-5-23(39-17-24-13-25(39)16-38(24)3)12-22(8-9-30(31,32)33)35-29(41)20-7-6-19(2)28(11-20)40-18-27(36-37-40)21-10-26(42-4)15-34-14-21/h5-8,10-12,14-15,18,24-25,36-37H,1,9,13,16-17H2,2-4H3,(H,35,41)/b22-8+,23-12+. The molecule has 1 aromatic carbocycles. The first-order valence-electron chi connectivity index (χ1n) is 13.6. The Bertz CT molecular complexity index is 1450. The molecule has 2 saturated heterocycles. The molecule has 0 radical (unpaired) electrons. The predicted molar refractivity (Wildman–Crippen MR) is 155 cm³/mol. The first-order valence-corrected chi connectivity index (χ1v) is 13.6. The molecule has 0 spiro atoms. The molecule has 42 heavy (non-hydrogen) atoms. The first kappa shape index (κ1) is 29.2. The molecule has 9 nitrogen and oxygen atoms in total. The van der Waals surface area contributed by atoms with Crippen LogP contribution < -0.4 is 26.0 Å². The Balaban J connectivity index is 1.37. The van der Waals surface area contributed by atoms with E-state index in [1.165, 1.54) is 0 Å². The van der Waals surface area contributed by atoms with Crippen LogP contribution >= 0.6 is 0 Å². The molecule has 2 aromatic rings. The van der Waals surface area contributed by atoms with Crippen LogP contribution in [-0.2, 0) is 0 Å². The minimum absolute atomic E-state index is 0.0687. The second-order valence-electron chi connectivity index (χ2n) is 10.6. The zero-order valence-corrected chi connectivity index (χ0v) is 23.7. The van der Waals surface area contributed by atoms with Crippen LogP contribution in [0, 0.1) is 6.92 Å². The van der Waals surface area contributed by atoms with Gasteiger partial charge in [0.1, 0.15) is 5.75 Å². The molecule has 2 unspecified atom stereocenters. The molecule has 0 saturated carbocycles. The highest BCUT2D eigenvalue weighted by molar-refractivity contribution is 5.97. The average molecular weight is 582 g/mol. The Morgan fingerprint density at radius 3 is 2.71 bits per heavy atom. The van der Waals surface area contributed by atoms with Gasteiger partial charge in [-0.2, -0.15) is 13.2 Å². The number of carbonyl (C=O) groups is 1. The highest BCUT2D eigenvalue weighted by Crippen LogP contribution is 2.33. The number of alkyl halides is 3. The zero-order chi connectivity index (χ0) is 30.0. The second-order valence-corrected chi connectivity index (χ2v) is 10.6. The number of likely N-dealkylation sites (tertiary alicyclic amines) is 2. The fraction of sp³-hybridized carbons (Fsp3) is 0.333. The molecule has 4 heterocycles. The van der Waals surface area contributed by atoms with Crippen molar-refractivity contribution in [3.05, 3.63) is 95.8 Å². The summed E-state index contributed by atoms with van der Waals surface area (Å²) in [7, 11) is 3.64. The van der Waals surface area contributed by atoms with E-state index < -0.39 is 18.5 Å². The van der Waals surface area contributed by atoms with Gasteiger partial charge in [-0.25, -0.2) is 0 Å². The molecule has 3 aliphatic rings. The molecule has 2 atom stereocenters. The van der Waals surface area contributed by atoms with Gasteiger partial charge >= 0.3 is 6.18 Å². The number of nitrogens with one attached hydrogen (secondary N) is 3. The number of carbonyl (C=O) groups excluding carboxylic acids is 1. The third-order valence-corrected chi connectivity index (χ3v) is 7.73. The van der Waals surface area contributed by atoms with E-state index in [1.807, 2.05) is 19.2 Å². The predicted octanol–water partition coefficient (Wildman–Crippen LogP) is 4.25. The van der Waals surface area contributed by atoms with Gasteiger partial charge in [-0.15, -0.1) is 5.53 Å². The monoisotopic (exact) mass is 581 g/mol. The van der Waals surface area contributed by atoms with Crippen molar-refractivity contribution in [2.75, 3.05) is 32.3 Å². The number of piperazine rings is 1. The molecule has 5 rings (SSSR count). The SMILES string of the molecule is C=C/C(=C\C(=C/CC(F)(F)F)NC(=O)c1ccc(C)c(N2C=C(c3cncc(OC)c3)NN2)c1)N1CC2CC1CN2C. The number of amides is 1. The lowest BCUT2D eigenvalue weighted by molar-refractivity contribution is -0.125. The molecule has 0 aliphatic carbocycles. The van der Waals surface area contributed by atoms with E-state index in [0.29, 0.717) is 23.2 Å². The van der Waals surface area contributed by atoms with E-state index >= 15 is 0 Å². The van der Waals surface area contributed by atoms with Gasteiger partial charge in [0.25, 0.3) is 5.91 Å². The van der Waals surface area contributed by atoms with Crippen LogP contribution in [0.15, 0.2) is 79.1 Å². The van der Waals surface area contributed by atoms with Crippen molar-refractivity contribution in [1.29, 1.82) is 0 Å². The quantitative estimate of drug-likeness (QED) is 0.379. The summed E-state index contributed by atoms with van der Waals surface area (Å²) >= 11 is 0. The number of nitrogens with zero attached hydrogens (tertiary/aromatic N) is 4. The number of anilines is 1. The maximum absolute atomic E-state index is 13.4. The van der Waals surface area contributed by atoms with E-state index in [9.17, 15) is 18.0 Å². The molecule has 2 fully saturated rings. The fourth-order valence-corrected chi connectivity index (χ4v) is 5.45. The molecule has 2 bridgehead atoms. The number of fused-ring (bicyclic) bond motifs is 2. The number of halogens is 3. The van der Waals surface area contributed by atoms with Gasteiger partial charge in [-0.3, -0.25) is 19.7 Å². The normalized spacial score (nSPS) is 21.0. The summed E-state index contributed by atoms with van der Waals surface area (Å²) in [6.45, 7) is 7.42. The molecule has 3 aliphatic heterocycles. The Kier molecular flexibility index (Phi) is 8.28. The van der Waals surface area contributed by atoms with Crippen molar-refractivity contribution in [2.45, 2.75) is 38.0 Å². The Hall–Kier alpha value is -4.29.